The Bertz CT molecular complexity index is 883. The van der Waals surface area contributed by atoms with Gasteiger partial charge < -0.3 is 5.32 Å². The summed E-state index contributed by atoms with van der Waals surface area (Å²) in [5.41, 5.74) is 1.28. The highest BCUT2D eigenvalue weighted by molar-refractivity contribution is 8.00. The number of hydrogen-bond donors (Lipinski definition) is 1. The number of nitrogens with one attached hydrogen (secondary N) is 1. The van der Waals surface area contributed by atoms with Crippen molar-refractivity contribution >= 4 is 39.2 Å². The predicted molar refractivity (Wildman–Crippen MR) is 103 cm³/mol. The molecule has 7 heteroatoms. The van der Waals surface area contributed by atoms with Crippen LogP contribution in [0.2, 0.25) is 0 Å². The van der Waals surface area contributed by atoms with E-state index >= 15 is 0 Å². The molecule has 25 heavy (non-hydrogen) atoms. The monoisotopic (exact) mass is 377 g/mol. The zero-order valence-corrected chi connectivity index (χ0v) is 16.3. The van der Waals surface area contributed by atoms with Gasteiger partial charge in [-0.05, 0) is 57.9 Å². The molecule has 5 nitrogen and oxygen atoms in total. The summed E-state index contributed by atoms with van der Waals surface area (Å²) in [5.74, 6) is 0.0370. The topological polar surface area (TPSA) is 64.0 Å². The van der Waals surface area contributed by atoms with Crippen LogP contribution in [-0.2, 0) is 24.2 Å². The van der Waals surface area contributed by atoms with E-state index in [9.17, 15) is 9.59 Å². The van der Waals surface area contributed by atoms with Crippen LogP contribution in [0.5, 0.6) is 0 Å². The summed E-state index contributed by atoms with van der Waals surface area (Å²) >= 11 is 3.06. The van der Waals surface area contributed by atoms with Crippen molar-refractivity contribution in [3.63, 3.8) is 0 Å². The first-order chi connectivity index (χ1) is 12.1. The van der Waals surface area contributed by atoms with Gasteiger partial charge in [-0.1, -0.05) is 11.8 Å². The van der Waals surface area contributed by atoms with Crippen LogP contribution in [0.25, 0.3) is 10.2 Å². The van der Waals surface area contributed by atoms with Crippen LogP contribution in [0.1, 0.15) is 50.0 Å². The maximum Gasteiger partial charge on any atom is 0.263 e. The van der Waals surface area contributed by atoms with Gasteiger partial charge in [-0.2, -0.15) is 0 Å². The molecule has 0 aromatic carbocycles. The molecule has 1 saturated carbocycles. The van der Waals surface area contributed by atoms with Crippen molar-refractivity contribution < 1.29 is 4.79 Å². The minimum absolute atomic E-state index is 0.0370. The molecule has 0 aliphatic heterocycles. The Kier molecular flexibility index (Phi) is 4.62. The molecule has 1 fully saturated rings. The average molecular weight is 378 g/mol. The number of aromatic nitrogens is 2. The smallest absolute Gasteiger partial charge is 0.263 e. The van der Waals surface area contributed by atoms with E-state index in [0.717, 1.165) is 42.3 Å². The molecule has 2 aliphatic rings. The van der Waals surface area contributed by atoms with Crippen molar-refractivity contribution in [1.82, 2.24) is 14.9 Å². The first-order valence-corrected chi connectivity index (χ1v) is 10.8. The number of carbonyl (C=O) groups excluding carboxylic acids is 1. The molecule has 1 N–H and O–H groups in total. The molecule has 4 rings (SSSR count). The third-order valence-corrected chi connectivity index (χ3v) is 7.21. The Morgan fingerprint density at radius 2 is 2.16 bits per heavy atom. The van der Waals surface area contributed by atoms with Crippen LogP contribution in [0.15, 0.2) is 9.95 Å². The fourth-order valence-corrected chi connectivity index (χ4v) is 5.63. The summed E-state index contributed by atoms with van der Waals surface area (Å²) < 4.78 is 1.73. The molecule has 2 aromatic rings. The lowest BCUT2D eigenvalue weighted by molar-refractivity contribution is -0.120. The molecule has 2 aliphatic carbocycles. The minimum Gasteiger partial charge on any atom is -0.352 e. The molecule has 1 amide bonds. The Labute approximate surface area is 155 Å². The van der Waals surface area contributed by atoms with Crippen molar-refractivity contribution in [1.29, 1.82) is 0 Å². The summed E-state index contributed by atoms with van der Waals surface area (Å²) in [7, 11) is 0. The second kappa shape index (κ2) is 6.76. The zero-order valence-electron chi connectivity index (χ0n) is 14.6. The average Bonchev–Trinajstić information content (AvgIpc) is 3.32. The molecule has 0 spiro atoms. The van der Waals surface area contributed by atoms with Gasteiger partial charge in [0.15, 0.2) is 5.16 Å². The summed E-state index contributed by atoms with van der Waals surface area (Å²) in [4.78, 5) is 32.3. The van der Waals surface area contributed by atoms with E-state index in [1.807, 2.05) is 13.8 Å². The number of fused-ring (bicyclic) bond motifs is 3. The number of amides is 1. The second-order valence-corrected chi connectivity index (χ2v) is 9.27. The lowest BCUT2D eigenvalue weighted by Gasteiger charge is -2.15. The van der Waals surface area contributed by atoms with Gasteiger partial charge in [0, 0.05) is 17.5 Å². The first-order valence-electron chi connectivity index (χ1n) is 9.10. The van der Waals surface area contributed by atoms with E-state index in [-0.39, 0.29) is 16.7 Å². The largest absolute Gasteiger partial charge is 0.352 e. The summed E-state index contributed by atoms with van der Waals surface area (Å²) in [6.07, 6.45) is 6.55. The Morgan fingerprint density at radius 3 is 2.88 bits per heavy atom. The third kappa shape index (κ3) is 3.24. The lowest BCUT2D eigenvalue weighted by atomic mass is 9.97. The third-order valence-electron chi connectivity index (χ3n) is 4.93. The Balaban J connectivity index is 1.70. The molecule has 0 bridgehead atoms. The molecule has 1 atom stereocenters. The van der Waals surface area contributed by atoms with Crippen LogP contribution in [0.3, 0.4) is 0 Å². The normalized spacial score (nSPS) is 18.2. The standard InChI is InChI=1S/C18H23N3O2S2/c1-3-21-17(23)14-12-6-4-5-7-13(12)25-16(14)20-18(21)24-10(2)15(22)19-11-8-9-11/h10-11H,3-9H2,1-2H3,(H,19,22)/t10-/m0/s1. The van der Waals surface area contributed by atoms with Crippen molar-refractivity contribution in [3.8, 4) is 0 Å². The number of aryl methyl sites for hydroxylation is 2. The van der Waals surface area contributed by atoms with Crippen LogP contribution >= 0.6 is 23.1 Å². The number of thiophene rings is 1. The minimum atomic E-state index is -0.252. The molecule has 0 unspecified atom stereocenters. The number of nitrogens with zero attached hydrogens (tertiary/aromatic N) is 2. The van der Waals surface area contributed by atoms with Crippen LogP contribution < -0.4 is 10.9 Å². The molecular formula is C18H23N3O2S2. The summed E-state index contributed by atoms with van der Waals surface area (Å²) in [5, 5.41) is 4.26. The fraction of sp³-hybridized carbons (Fsp3) is 0.611. The van der Waals surface area contributed by atoms with Gasteiger partial charge >= 0.3 is 0 Å². The SMILES string of the molecule is CCn1c(S[C@@H](C)C(=O)NC2CC2)nc2sc3c(c2c1=O)CCCC3. The highest BCUT2D eigenvalue weighted by Crippen LogP contribution is 2.35. The Morgan fingerprint density at radius 1 is 1.40 bits per heavy atom. The summed E-state index contributed by atoms with van der Waals surface area (Å²) in [6, 6.07) is 0.350. The Hall–Kier alpha value is -1.34. The van der Waals surface area contributed by atoms with E-state index < -0.39 is 0 Å². The number of carbonyl (C=O) groups is 1. The van der Waals surface area contributed by atoms with Crippen molar-refractivity contribution in [2.24, 2.45) is 0 Å². The molecule has 0 saturated heterocycles. The molecule has 0 radical (unpaired) electrons. The van der Waals surface area contributed by atoms with Gasteiger partial charge in [-0.15, -0.1) is 11.3 Å². The van der Waals surface area contributed by atoms with Gasteiger partial charge in [-0.25, -0.2) is 4.98 Å². The number of rotatable bonds is 5. The fourth-order valence-electron chi connectivity index (χ4n) is 3.35. The van der Waals surface area contributed by atoms with Gasteiger partial charge in [0.05, 0.1) is 10.6 Å². The molecule has 2 heterocycles. The predicted octanol–water partition coefficient (Wildman–Crippen LogP) is 3.12. The van der Waals surface area contributed by atoms with E-state index in [1.165, 1.54) is 28.6 Å². The maximum atomic E-state index is 13.1. The van der Waals surface area contributed by atoms with Gasteiger partial charge in [0.25, 0.3) is 5.56 Å². The van der Waals surface area contributed by atoms with Gasteiger partial charge in [0.1, 0.15) is 4.83 Å². The van der Waals surface area contributed by atoms with E-state index in [0.29, 0.717) is 17.7 Å². The van der Waals surface area contributed by atoms with Crippen LogP contribution in [0, 0.1) is 0 Å². The van der Waals surface area contributed by atoms with E-state index in [1.54, 1.807) is 15.9 Å². The molecular weight excluding hydrogens is 354 g/mol. The van der Waals surface area contributed by atoms with Crippen molar-refractivity contribution in [2.45, 2.75) is 75.4 Å². The van der Waals surface area contributed by atoms with Gasteiger partial charge in [-0.3, -0.25) is 14.2 Å². The zero-order chi connectivity index (χ0) is 17.6. The van der Waals surface area contributed by atoms with Crippen LogP contribution in [-0.4, -0.2) is 26.8 Å². The van der Waals surface area contributed by atoms with E-state index in [4.69, 9.17) is 4.98 Å². The highest BCUT2D eigenvalue weighted by atomic mass is 32.2. The molecule has 134 valence electrons. The van der Waals surface area contributed by atoms with Gasteiger partial charge in [0.2, 0.25) is 5.91 Å². The molecule has 2 aromatic heterocycles. The number of thioether (sulfide) groups is 1. The first kappa shape index (κ1) is 17.1. The second-order valence-electron chi connectivity index (χ2n) is 6.88. The summed E-state index contributed by atoms with van der Waals surface area (Å²) in [6.45, 7) is 4.43. The highest BCUT2D eigenvalue weighted by Gasteiger charge is 2.27. The quantitative estimate of drug-likeness (QED) is 0.642. The van der Waals surface area contributed by atoms with Crippen LogP contribution in [0.4, 0.5) is 0 Å². The van der Waals surface area contributed by atoms with E-state index in [2.05, 4.69) is 5.32 Å². The lowest BCUT2D eigenvalue weighted by Crippen LogP contribution is -2.33. The van der Waals surface area contributed by atoms with Crippen molar-refractivity contribution in [2.75, 3.05) is 0 Å². The van der Waals surface area contributed by atoms with Crippen molar-refractivity contribution in [3.05, 3.63) is 20.8 Å². The number of hydrogen-bond acceptors (Lipinski definition) is 5. The maximum absolute atomic E-state index is 13.1.